The van der Waals surface area contributed by atoms with Crippen LogP contribution in [0.1, 0.15) is 49.9 Å². The highest BCUT2D eigenvalue weighted by Gasteiger charge is 2.36. The molecule has 2 nitrogen and oxygen atoms in total. The molecule has 10 aromatic rings. The minimum absolute atomic E-state index is 0.126. The number of rotatable bonds is 8. The van der Waals surface area contributed by atoms with E-state index in [-0.39, 0.29) is 10.8 Å². The first-order valence-corrected chi connectivity index (χ1v) is 23.7. The zero-order valence-corrected chi connectivity index (χ0v) is 38.9. The Hall–Kier alpha value is -8.20. The van der Waals surface area contributed by atoms with E-state index in [0.717, 1.165) is 34.1 Å². The zero-order valence-electron chi connectivity index (χ0n) is 38.9. The molecular formula is C66H51NO. The van der Waals surface area contributed by atoms with Crippen molar-refractivity contribution in [2.24, 2.45) is 0 Å². The van der Waals surface area contributed by atoms with Crippen LogP contribution in [-0.4, -0.2) is 0 Å². The predicted molar refractivity (Wildman–Crippen MR) is 285 cm³/mol. The third-order valence-corrected chi connectivity index (χ3v) is 14.6. The summed E-state index contributed by atoms with van der Waals surface area (Å²) < 4.78 is 6.40. The van der Waals surface area contributed by atoms with Crippen molar-refractivity contribution in [3.63, 3.8) is 0 Å². The van der Waals surface area contributed by atoms with Crippen LogP contribution < -0.4 is 9.64 Å². The number of hydrogen-bond acceptors (Lipinski definition) is 2. The summed E-state index contributed by atoms with van der Waals surface area (Å²) in [5.41, 5.74) is 22.8. The van der Waals surface area contributed by atoms with E-state index < -0.39 is 0 Å². The summed E-state index contributed by atoms with van der Waals surface area (Å²) in [6.07, 6.45) is 0. The maximum absolute atomic E-state index is 6.40. The summed E-state index contributed by atoms with van der Waals surface area (Å²) in [5.74, 6) is 1.86. The second-order valence-corrected chi connectivity index (χ2v) is 19.4. The molecule has 2 heteroatoms. The topological polar surface area (TPSA) is 12.5 Å². The average molecular weight is 874 g/mol. The van der Waals surface area contributed by atoms with E-state index in [9.17, 15) is 0 Å². The molecule has 0 fully saturated rings. The van der Waals surface area contributed by atoms with Gasteiger partial charge in [0.1, 0.15) is 11.5 Å². The first-order valence-electron chi connectivity index (χ1n) is 23.7. The second-order valence-electron chi connectivity index (χ2n) is 19.4. The van der Waals surface area contributed by atoms with Crippen molar-refractivity contribution in [1.82, 2.24) is 0 Å². The van der Waals surface area contributed by atoms with Gasteiger partial charge in [0, 0.05) is 39.0 Å². The van der Waals surface area contributed by atoms with Gasteiger partial charge in [0.05, 0.1) is 0 Å². The highest BCUT2D eigenvalue weighted by Crippen LogP contribution is 2.52. The van der Waals surface area contributed by atoms with E-state index in [1.807, 2.05) is 6.07 Å². The van der Waals surface area contributed by atoms with Gasteiger partial charge < -0.3 is 9.64 Å². The SMILES string of the molecule is CC1(C)c2ccccc2Oc2ccc(-c3ccc(N(c4ccc(-c5ccc(-c6ccccc6)cc5)cc4)c4ccc(-c5ccc6c(c5)C(C)(C)c5cc(-c7ccccc7)ccc5-6)cc4)cc3)cc21. The standard InChI is InChI=1S/C66H51NO/c1-65(2)59-17-11-12-18-63(59)68-64-40-31-53(43-62(64)65)50-27-36-56(37-28-50)67(54-32-23-48(24-33-54)47-21-19-46(20-22-47)44-13-7-5-8-14-44)55-34-25-49(26-35-55)52-30-39-58-57-38-29-51(45-15-9-6-10-16-45)41-60(57)66(3,4)61(58)42-52/h5-43H,1-4H3. The summed E-state index contributed by atoms with van der Waals surface area (Å²) in [6, 6.07) is 86.2. The molecular weight excluding hydrogens is 823 g/mol. The van der Waals surface area contributed by atoms with Crippen LogP contribution >= 0.6 is 0 Å². The van der Waals surface area contributed by atoms with Gasteiger partial charge >= 0.3 is 0 Å². The summed E-state index contributed by atoms with van der Waals surface area (Å²) >= 11 is 0. The van der Waals surface area contributed by atoms with Crippen molar-refractivity contribution in [3.8, 4) is 78.3 Å². The quantitative estimate of drug-likeness (QED) is 0.151. The van der Waals surface area contributed by atoms with Crippen LogP contribution in [0.3, 0.4) is 0 Å². The van der Waals surface area contributed by atoms with Crippen LogP contribution in [-0.2, 0) is 10.8 Å². The lowest BCUT2D eigenvalue weighted by molar-refractivity contribution is 0.418. The summed E-state index contributed by atoms with van der Waals surface area (Å²) in [7, 11) is 0. The van der Waals surface area contributed by atoms with Crippen LogP contribution in [0.15, 0.2) is 237 Å². The number of anilines is 3. The molecule has 0 radical (unpaired) electrons. The van der Waals surface area contributed by atoms with E-state index >= 15 is 0 Å². The molecule has 1 aliphatic carbocycles. The summed E-state index contributed by atoms with van der Waals surface area (Å²) in [4.78, 5) is 2.36. The Labute approximate surface area is 400 Å². The number of benzene rings is 10. The first kappa shape index (κ1) is 41.2. The van der Waals surface area contributed by atoms with Gasteiger partial charge in [0.25, 0.3) is 0 Å². The molecule has 0 N–H and O–H groups in total. The molecule has 0 saturated carbocycles. The van der Waals surface area contributed by atoms with Gasteiger partial charge in [0.15, 0.2) is 0 Å². The summed E-state index contributed by atoms with van der Waals surface area (Å²) in [6.45, 7) is 9.32. The molecule has 0 spiro atoms. The highest BCUT2D eigenvalue weighted by molar-refractivity contribution is 5.87. The van der Waals surface area contributed by atoms with Crippen LogP contribution in [0.4, 0.5) is 17.1 Å². The van der Waals surface area contributed by atoms with E-state index in [4.69, 9.17) is 4.74 Å². The molecule has 10 aromatic carbocycles. The van der Waals surface area contributed by atoms with Gasteiger partial charge in [-0.3, -0.25) is 0 Å². The molecule has 0 amide bonds. The number of hydrogen-bond donors (Lipinski definition) is 0. The second kappa shape index (κ2) is 16.3. The van der Waals surface area contributed by atoms with E-state index in [2.05, 4.69) is 263 Å². The van der Waals surface area contributed by atoms with Crippen molar-refractivity contribution in [2.75, 3.05) is 4.90 Å². The molecule has 326 valence electrons. The maximum Gasteiger partial charge on any atom is 0.131 e. The predicted octanol–water partition coefficient (Wildman–Crippen LogP) is 18.2. The minimum Gasteiger partial charge on any atom is -0.457 e. The van der Waals surface area contributed by atoms with Crippen molar-refractivity contribution < 1.29 is 4.74 Å². The van der Waals surface area contributed by atoms with E-state index in [1.54, 1.807) is 0 Å². The van der Waals surface area contributed by atoms with Gasteiger partial charge in [-0.05, 0) is 145 Å². The number of nitrogens with zero attached hydrogens (tertiary/aromatic N) is 1. The summed E-state index contributed by atoms with van der Waals surface area (Å²) in [5, 5.41) is 0. The van der Waals surface area contributed by atoms with Gasteiger partial charge in [-0.25, -0.2) is 0 Å². The van der Waals surface area contributed by atoms with Gasteiger partial charge in [-0.2, -0.15) is 0 Å². The van der Waals surface area contributed by atoms with Crippen molar-refractivity contribution in [2.45, 2.75) is 38.5 Å². The Kier molecular flexibility index (Phi) is 9.88. The average Bonchev–Trinajstić information content (AvgIpc) is 3.62. The van der Waals surface area contributed by atoms with Crippen molar-refractivity contribution >= 4 is 17.1 Å². The normalized spacial score (nSPS) is 13.6. The Bertz CT molecular complexity index is 3480. The molecule has 68 heavy (non-hydrogen) atoms. The van der Waals surface area contributed by atoms with Crippen LogP contribution in [0.5, 0.6) is 11.5 Å². The fourth-order valence-corrected chi connectivity index (χ4v) is 10.7. The Morgan fingerprint density at radius 1 is 0.265 bits per heavy atom. The molecule has 1 heterocycles. The largest absolute Gasteiger partial charge is 0.457 e. The van der Waals surface area contributed by atoms with Gasteiger partial charge in [-0.15, -0.1) is 0 Å². The maximum atomic E-state index is 6.40. The minimum atomic E-state index is -0.188. The third-order valence-electron chi connectivity index (χ3n) is 14.6. The smallest absolute Gasteiger partial charge is 0.131 e. The van der Waals surface area contributed by atoms with Crippen LogP contribution in [0.25, 0.3) is 66.8 Å². The molecule has 0 saturated heterocycles. The van der Waals surface area contributed by atoms with Gasteiger partial charge in [-0.1, -0.05) is 198 Å². The molecule has 0 aromatic heterocycles. The lowest BCUT2D eigenvalue weighted by atomic mass is 9.75. The fourth-order valence-electron chi connectivity index (χ4n) is 10.7. The fraction of sp³-hybridized carbons (Fsp3) is 0.0909. The number of ether oxygens (including phenoxy) is 1. The lowest BCUT2D eigenvalue weighted by Crippen LogP contribution is -2.24. The van der Waals surface area contributed by atoms with Crippen LogP contribution in [0, 0.1) is 0 Å². The lowest BCUT2D eigenvalue weighted by Gasteiger charge is -2.34. The van der Waals surface area contributed by atoms with E-state index in [1.165, 1.54) is 83.5 Å². The highest BCUT2D eigenvalue weighted by atomic mass is 16.5. The Morgan fingerprint density at radius 2 is 0.574 bits per heavy atom. The Morgan fingerprint density at radius 3 is 1.04 bits per heavy atom. The third kappa shape index (κ3) is 7.12. The van der Waals surface area contributed by atoms with Crippen LogP contribution in [0.2, 0.25) is 0 Å². The monoisotopic (exact) mass is 873 g/mol. The number of para-hydroxylation sites is 1. The molecule has 2 aliphatic rings. The van der Waals surface area contributed by atoms with E-state index in [0.29, 0.717) is 0 Å². The Balaban J connectivity index is 0.873. The molecule has 0 bridgehead atoms. The van der Waals surface area contributed by atoms with Crippen molar-refractivity contribution in [3.05, 3.63) is 259 Å². The molecule has 0 unspecified atom stereocenters. The molecule has 1 aliphatic heterocycles. The van der Waals surface area contributed by atoms with Gasteiger partial charge in [0.2, 0.25) is 0 Å². The number of fused-ring (bicyclic) bond motifs is 5. The molecule has 0 atom stereocenters. The molecule has 12 rings (SSSR count). The van der Waals surface area contributed by atoms with Crippen molar-refractivity contribution in [1.29, 1.82) is 0 Å². The first-order chi connectivity index (χ1) is 33.2. The zero-order chi connectivity index (χ0) is 46.0.